The summed E-state index contributed by atoms with van der Waals surface area (Å²) in [5.74, 6) is 2.01. The average molecular weight is 308 g/mol. The van der Waals surface area contributed by atoms with Crippen molar-refractivity contribution in [2.24, 2.45) is 0 Å². The van der Waals surface area contributed by atoms with Gasteiger partial charge in [0.25, 0.3) is 0 Å². The van der Waals surface area contributed by atoms with Crippen LogP contribution in [0.25, 0.3) is 0 Å². The summed E-state index contributed by atoms with van der Waals surface area (Å²) < 4.78 is 5.58. The Labute approximate surface area is 133 Å². The van der Waals surface area contributed by atoms with Gasteiger partial charge in [0.1, 0.15) is 5.75 Å². The van der Waals surface area contributed by atoms with Gasteiger partial charge in [-0.15, -0.1) is 0 Å². The van der Waals surface area contributed by atoms with Crippen LogP contribution in [0.5, 0.6) is 5.75 Å². The summed E-state index contributed by atoms with van der Waals surface area (Å²) in [5.41, 5.74) is 1.25. The first kappa shape index (κ1) is 16.6. The van der Waals surface area contributed by atoms with Crippen LogP contribution in [0.3, 0.4) is 0 Å². The van der Waals surface area contributed by atoms with Crippen molar-refractivity contribution in [3.05, 3.63) is 24.0 Å². The second kappa shape index (κ2) is 9.31. The Morgan fingerprint density at radius 3 is 2.86 bits per heavy atom. The lowest BCUT2D eigenvalue weighted by Crippen LogP contribution is -2.25. The van der Waals surface area contributed by atoms with Gasteiger partial charge in [0.2, 0.25) is 0 Å². The van der Waals surface area contributed by atoms with E-state index in [2.05, 4.69) is 35.1 Å². The molecule has 1 saturated carbocycles. The Hall–Kier alpha value is -0.740. The van der Waals surface area contributed by atoms with Crippen molar-refractivity contribution in [1.82, 2.24) is 10.3 Å². The molecular weight excluding hydrogens is 280 g/mol. The molecule has 1 aromatic rings. The van der Waals surface area contributed by atoms with Gasteiger partial charge in [-0.1, -0.05) is 19.8 Å². The SMILES string of the molecule is CCCNC(CSC1CCCC1)c1cncc(OCC)c1. The van der Waals surface area contributed by atoms with Crippen LogP contribution in [0.1, 0.15) is 57.6 Å². The minimum absolute atomic E-state index is 0.378. The van der Waals surface area contributed by atoms with Crippen molar-refractivity contribution < 1.29 is 4.74 Å². The summed E-state index contributed by atoms with van der Waals surface area (Å²) in [6.07, 6.45) is 10.5. The first-order valence-corrected chi connectivity index (χ1v) is 9.31. The number of ether oxygens (including phenoxy) is 1. The fourth-order valence-corrected chi connectivity index (χ4v) is 4.19. The van der Waals surface area contributed by atoms with Crippen LogP contribution in [-0.2, 0) is 0 Å². The van der Waals surface area contributed by atoms with E-state index >= 15 is 0 Å². The lowest BCUT2D eigenvalue weighted by Gasteiger charge is -2.21. The van der Waals surface area contributed by atoms with E-state index in [0.29, 0.717) is 12.6 Å². The van der Waals surface area contributed by atoms with E-state index in [9.17, 15) is 0 Å². The fraction of sp³-hybridized carbons (Fsp3) is 0.706. The monoisotopic (exact) mass is 308 g/mol. The molecule has 1 aliphatic rings. The molecule has 0 amide bonds. The summed E-state index contributed by atoms with van der Waals surface area (Å²) in [5, 5.41) is 4.52. The molecule has 2 rings (SSSR count). The molecule has 1 aromatic heterocycles. The minimum atomic E-state index is 0.378. The van der Waals surface area contributed by atoms with Crippen molar-refractivity contribution in [2.75, 3.05) is 18.9 Å². The molecule has 0 aliphatic heterocycles. The fourth-order valence-electron chi connectivity index (χ4n) is 2.75. The molecule has 0 aromatic carbocycles. The van der Waals surface area contributed by atoms with Crippen LogP contribution in [0.2, 0.25) is 0 Å². The number of pyridine rings is 1. The zero-order chi connectivity index (χ0) is 14.9. The third kappa shape index (κ3) is 5.51. The zero-order valence-electron chi connectivity index (χ0n) is 13.3. The number of rotatable bonds is 9. The highest BCUT2D eigenvalue weighted by Gasteiger charge is 2.19. The van der Waals surface area contributed by atoms with Gasteiger partial charge in [0.05, 0.1) is 12.8 Å². The average Bonchev–Trinajstić information content (AvgIpc) is 3.01. The van der Waals surface area contributed by atoms with Gasteiger partial charge in [0, 0.05) is 23.2 Å². The quantitative estimate of drug-likeness (QED) is 0.741. The number of nitrogens with zero attached hydrogens (tertiary/aromatic N) is 1. The molecule has 21 heavy (non-hydrogen) atoms. The third-order valence-corrected chi connectivity index (χ3v) is 5.36. The Kier molecular flexibility index (Phi) is 7.37. The maximum atomic E-state index is 5.58. The second-order valence-electron chi connectivity index (χ2n) is 5.63. The van der Waals surface area contributed by atoms with Gasteiger partial charge in [-0.05, 0) is 44.4 Å². The van der Waals surface area contributed by atoms with E-state index in [1.165, 1.54) is 31.2 Å². The van der Waals surface area contributed by atoms with Crippen molar-refractivity contribution in [3.63, 3.8) is 0 Å². The number of thioether (sulfide) groups is 1. The molecule has 4 heteroatoms. The van der Waals surface area contributed by atoms with Crippen LogP contribution in [0.4, 0.5) is 0 Å². The van der Waals surface area contributed by atoms with Crippen LogP contribution >= 0.6 is 11.8 Å². The van der Waals surface area contributed by atoms with E-state index in [1.54, 1.807) is 6.20 Å². The molecule has 0 bridgehead atoms. The summed E-state index contributed by atoms with van der Waals surface area (Å²) in [6, 6.07) is 2.52. The molecule has 0 spiro atoms. The summed E-state index contributed by atoms with van der Waals surface area (Å²) in [7, 11) is 0. The van der Waals surface area contributed by atoms with Gasteiger partial charge >= 0.3 is 0 Å². The predicted molar refractivity (Wildman–Crippen MR) is 91.2 cm³/mol. The minimum Gasteiger partial charge on any atom is -0.492 e. The van der Waals surface area contributed by atoms with Gasteiger partial charge < -0.3 is 10.1 Å². The maximum absolute atomic E-state index is 5.58. The van der Waals surface area contributed by atoms with Crippen LogP contribution in [0.15, 0.2) is 18.5 Å². The summed E-state index contributed by atoms with van der Waals surface area (Å²) in [4.78, 5) is 4.34. The first-order valence-electron chi connectivity index (χ1n) is 8.26. The second-order valence-corrected chi connectivity index (χ2v) is 6.97. The van der Waals surface area contributed by atoms with Gasteiger partial charge in [-0.25, -0.2) is 0 Å². The molecule has 1 atom stereocenters. The van der Waals surface area contributed by atoms with E-state index in [-0.39, 0.29) is 0 Å². The van der Waals surface area contributed by atoms with Crippen molar-refractivity contribution >= 4 is 11.8 Å². The van der Waals surface area contributed by atoms with Crippen molar-refractivity contribution in [1.29, 1.82) is 0 Å². The van der Waals surface area contributed by atoms with E-state index in [0.717, 1.165) is 29.7 Å². The Bertz CT molecular complexity index is 408. The molecule has 1 N–H and O–H groups in total. The Morgan fingerprint density at radius 1 is 1.33 bits per heavy atom. The van der Waals surface area contributed by atoms with E-state index in [4.69, 9.17) is 4.74 Å². The largest absolute Gasteiger partial charge is 0.492 e. The lowest BCUT2D eigenvalue weighted by molar-refractivity contribution is 0.338. The molecule has 118 valence electrons. The molecular formula is C17H28N2OS. The molecule has 3 nitrogen and oxygen atoms in total. The highest BCUT2D eigenvalue weighted by atomic mass is 32.2. The van der Waals surface area contributed by atoms with Crippen LogP contribution in [0, 0.1) is 0 Å². The third-order valence-electron chi connectivity index (χ3n) is 3.89. The highest BCUT2D eigenvalue weighted by molar-refractivity contribution is 7.99. The molecule has 1 unspecified atom stereocenters. The van der Waals surface area contributed by atoms with Crippen LogP contribution in [-0.4, -0.2) is 29.1 Å². The lowest BCUT2D eigenvalue weighted by atomic mass is 10.1. The standard InChI is InChI=1S/C17H28N2OS/c1-3-9-19-17(13-21-16-7-5-6-8-16)14-10-15(20-4-2)12-18-11-14/h10-12,16-17,19H,3-9,13H2,1-2H3. The molecule has 0 radical (unpaired) electrons. The molecule has 1 aliphatic carbocycles. The van der Waals surface area contributed by atoms with Gasteiger partial charge in [0.15, 0.2) is 0 Å². The maximum Gasteiger partial charge on any atom is 0.137 e. The Balaban J connectivity index is 1.97. The van der Waals surface area contributed by atoms with Crippen molar-refractivity contribution in [2.45, 2.75) is 57.2 Å². The number of aromatic nitrogens is 1. The molecule has 1 fully saturated rings. The van der Waals surface area contributed by atoms with E-state index in [1.807, 2.05) is 13.1 Å². The molecule has 1 heterocycles. The smallest absolute Gasteiger partial charge is 0.137 e. The van der Waals surface area contributed by atoms with Gasteiger partial charge in [-0.3, -0.25) is 4.98 Å². The summed E-state index contributed by atoms with van der Waals surface area (Å²) in [6.45, 7) is 5.96. The Morgan fingerprint density at radius 2 is 2.14 bits per heavy atom. The normalized spacial score (nSPS) is 17.0. The summed E-state index contributed by atoms with van der Waals surface area (Å²) >= 11 is 2.13. The topological polar surface area (TPSA) is 34.2 Å². The zero-order valence-corrected chi connectivity index (χ0v) is 14.1. The number of nitrogens with one attached hydrogen (secondary N) is 1. The first-order chi connectivity index (χ1) is 10.3. The molecule has 0 saturated heterocycles. The number of hydrogen-bond donors (Lipinski definition) is 1. The van der Waals surface area contributed by atoms with Gasteiger partial charge in [-0.2, -0.15) is 11.8 Å². The van der Waals surface area contributed by atoms with E-state index < -0.39 is 0 Å². The highest BCUT2D eigenvalue weighted by Crippen LogP contribution is 2.32. The number of hydrogen-bond acceptors (Lipinski definition) is 4. The predicted octanol–water partition coefficient (Wildman–Crippen LogP) is 4.20. The van der Waals surface area contributed by atoms with Crippen molar-refractivity contribution in [3.8, 4) is 5.75 Å². The van der Waals surface area contributed by atoms with Crippen LogP contribution < -0.4 is 10.1 Å².